The van der Waals surface area contributed by atoms with Gasteiger partial charge in [0.05, 0.1) is 6.61 Å². The van der Waals surface area contributed by atoms with Gasteiger partial charge in [0.25, 0.3) is 0 Å². The molecule has 0 radical (unpaired) electrons. The summed E-state index contributed by atoms with van der Waals surface area (Å²) in [6.07, 6.45) is 4.73. The summed E-state index contributed by atoms with van der Waals surface area (Å²) in [7, 11) is 2.14. The lowest BCUT2D eigenvalue weighted by Gasteiger charge is -2.17. The summed E-state index contributed by atoms with van der Waals surface area (Å²) in [6, 6.07) is 10.6. The van der Waals surface area contributed by atoms with E-state index in [9.17, 15) is 0 Å². The van der Waals surface area contributed by atoms with Crippen molar-refractivity contribution in [2.24, 2.45) is 0 Å². The second-order valence-corrected chi connectivity index (χ2v) is 5.07. The molecule has 0 bridgehead atoms. The Kier molecular flexibility index (Phi) is 3.47. The Labute approximate surface area is 113 Å². The highest BCUT2D eigenvalue weighted by Crippen LogP contribution is 2.26. The molecule has 0 amide bonds. The van der Waals surface area contributed by atoms with Gasteiger partial charge in [0.2, 0.25) is 0 Å². The van der Waals surface area contributed by atoms with E-state index in [1.807, 2.05) is 12.4 Å². The third kappa shape index (κ3) is 2.93. The van der Waals surface area contributed by atoms with Crippen LogP contribution in [-0.4, -0.2) is 23.5 Å². The Bertz CT molecular complexity index is 554. The summed E-state index contributed by atoms with van der Waals surface area (Å²) in [5, 5.41) is 0. The molecule has 1 aromatic carbocycles. The number of benzene rings is 1. The number of rotatable bonds is 4. The van der Waals surface area contributed by atoms with Gasteiger partial charge in [-0.3, -0.25) is 9.88 Å². The monoisotopic (exact) mass is 254 g/mol. The highest BCUT2D eigenvalue weighted by atomic mass is 16.5. The lowest BCUT2D eigenvalue weighted by molar-refractivity contribution is 0.319. The van der Waals surface area contributed by atoms with Gasteiger partial charge < -0.3 is 4.74 Å². The molecule has 3 nitrogen and oxygen atoms in total. The molecule has 0 unspecified atom stereocenters. The van der Waals surface area contributed by atoms with E-state index in [0.29, 0.717) is 0 Å². The summed E-state index contributed by atoms with van der Waals surface area (Å²) in [5.41, 5.74) is 3.98. The van der Waals surface area contributed by atoms with Crippen LogP contribution in [0, 0.1) is 0 Å². The highest BCUT2D eigenvalue weighted by molar-refractivity contribution is 5.39. The van der Waals surface area contributed by atoms with Crippen LogP contribution in [0.1, 0.15) is 16.7 Å². The molecule has 0 atom stereocenters. The van der Waals surface area contributed by atoms with Crippen LogP contribution in [0.15, 0.2) is 42.7 Å². The number of pyridine rings is 1. The molecule has 0 saturated carbocycles. The predicted molar refractivity (Wildman–Crippen MR) is 75.0 cm³/mol. The molecule has 3 heteroatoms. The number of hydrogen-bond acceptors (Lipinski definition) is 3. The quantitative estimate of drug-likeness (QED) is 0.838. The minimum Gasteiger partial charge on any atom is -0.493 e. The van der Waals surface area contributed by atoms with Crippen LogP contribution in [0.5, 0.6) is 5.75 Å². The molecular formula is C16H18N2O. The van der Waals surface area contributed by atoms with E-state index in [1.54, 1.807) is 0 Å². The Morgan fingerprint density at radius 2 is 1.89 bits per heavy atom. The first kappa shape index (κ1) is 12.2. The van der Waals surface area contributed by atoms with E-state index in [-0.39, 0.29) is 0 Å². The van der Waals surface area contributed by atoms with Crippen molar-refractivity contribution in [1.82, 2.24) is 9.88 Å². The first-order chi connectivity index (χ1) is 9.31. The maximum atomic E-state index is 5.53. The normalized spacial score (nSPS) is 13.4. The van der Waals surface area contributed by atoms with E-state index < -0.39 is 0 Å². The Morgan fingerprint density at radius 3 is 2.74 bits per heavy atom. The van der Waals surface area contributed by atoms with Crippen molar-refractivity contribution in [3.63, 3.8) is 0 Å². The smallest absolute Gasteiger partial charge is 0.122 e. The molecule has 2 heterocycles. The van der Waals surface area contributed by atoms with Gasteiger partial charge in [-0.05, 0) is 41.9 Å². The molecule has 1 aromatic heterocycles. The van der Waals surface area contributed by atoms with Crippen molar-refractivity contribution in [3.05, 3.63) is 59.4 Å². The maximum absolute atomic E-state index is 5.53. The third-order valence-corrected chi connectivity index (χ3v) is 3.41. The Hall–Kier alpha value is -1.87. The van der Waals surface area contributed by atoms with Gasteiger partial charge in [0.15, 0.2) is 0 Å². The Balaban J connectivity index is 1.65. The molecule has 1 aliphatic heterocycles. The average molecular weight is 254 g/mol. The molecule has 0 aliphatic carbocycles. The summed E-state index contributed by atoms with van der Waals surface area (Å²) in [6.45, 7) is 2.72. The molecular weight excluding hydrogens is 236 g/mol. The number of aromatic nitrogens is 1. The highest BCUT2D eigenvalue weighted by Gasteiger charge is 2.12. The fourth-order valence-electron chi connectivity index (χ4n) is 2.51. The minimum absolute atomic E-state index is 0.825. The second-order valence-electron chi connectivity index (χ2n) is 5.07. The van der Waals surface area contributed by atoms with E-state index in [4.69, 9.17) is 4.74 Å². The van der Waals surface area contributed by atoms with E-state index in [1.165, 1.54) is 16.7 Å². The van der Waals surface area contributed by atoms with Crippen molar-refractivity contribution < 1.29 is 4.74 Å². The van der Waals surface area contributed by atoms with Crippen LogP contribution in [-0.2, 0) is 19.5 Å². The van der Waals surface area contributed by atoms with Crippen LogP contribution in [0.25, 0.3) is 0 Å². The number of nitrogens with zero attached hydrogens (tertiary/aromatic N) is 2. The van der Waals surface area contributed by atoms with Gasteiger partial charge in [0, 0.05) is 31.9 Å². The average Bonchev–Trinajstić information content (AvgIpc) is 2.87. The number of ether oxygens (including phenoxy) is 1. The van der Waals surface area contributed by atoms with Gasteiger partial charge in [-0.2, -0.15) is 0 Å². The lowest BCUT2D eigenvalue weighted by atomic mass is 10.1. The van der Waals surface area contributed by atoms with Crippen LogP contribution < -0.4 is 4.74 Å². The zero-order valence-corrected chi connectivity index (χ0v) is 11.2. The largest absolute Gasteiger partial charge is 0.493 e. The zero-order chi connectivity index (χ0) is 13.1. The molecule has 19 heavy (non-hydrogen) atoms. The molecule has 3 rings (SSSR count). The third-order valence-electron chi connectivity index (χ3n) is 3.41. The van der Waals surface area contributed by atoms with E-state index >= 15 is 0 Å². The minimum atomic E-state index is 0.825. The lowest BCUT2D eigenvalue weighted by Crippen LogP contribution is -2.17. The SMILES string of the molecule is CN(Cc1ccncc1)Cc1ccc2c(c1)CCO2. The molecule has 2 aromatic rings. The summed E-state index contributed by atoms with van der Waals surface area (Å²) >= 11 is 0. The molecule has 0 saturated heterocycles. The van der Waals surface area contributed by atoms with E-state index in [2.05, 4.69) is 47.3 Å². The topological polar surface area (TPSA) is 25.4 Å². The summed E-state index contributed by atoms with van der Waals surface area (Å²) in [4.78, 5) is 6.36. The standard InChI is InChI=1S/C16H18N2O/c1-18(11-13-4-7-17-8-5-13)12-14-2-3-16-15(10-14)6-9-19-16/h2-5,7-8,10H,6,9,11-12H2,1H3. The van der Waals surface area contributed by atoms with Gasteiger partial charge in [-0.15, -0.1) is 0 Å². The van der Waals surface area contributed by atoms with Gasteiger partial charge >= 0.3 is 0 Å². The Morgan fingerprint density at radius 1 is 1.11 bits per heavy atom. The number of hydrogen-bond donors (Lipinski definition) is 0. The van der Waals surface area contributed by atoms with Crippen LogP contribution in [0.2, 0.25) is 0 Å². The van der Waals surface area contributed by atoms with Crippen molar-refractivity contribution in [1.29, 1.82) is 0 Å². The molecule has 0 fully saturated rings. The second kappa shape index (κ2) is 5.41. The van der Waals surface area contributed by atoms with E-state index in [0.717, 1.165) is 31.9 Å². The van der Waals surface area contributed by atoms with Gasteiger partial charge in [-0.25, -0.2) is 0 Å². The van der Waals surface area contributed by atoms with Gasteiger partial charge in [0.1, 0.15) is 5.75 Å². The first-order valence-electron chi connectivity index (χ1n) is 6.63. The molecule has 98 valence electrons. The first-order valence-corrected chi connectivity index (χ1v) is 6.63. The van der Waals surface area contributed by atoms with Crippen LogP contribution >= 0.6 is 0 Å². The van der Waals surface area contributed by atoms with Crippen molar-refractivity contribution in [2.75, 3.05) is 13.7 Å². The number of fused-ring (bicyclic) bond motifs is 1. The zero-order valence-electron chi connectivity index (χ0n) is 11.2. The van der Waals surface area contributed by atoms with Crippen molar-refractivity contribution in [3.8, 4) is 5.75 Å². The summed E-state index contributed by atoms with van der Waals surface area (Å²) in [5.74, 6) is 1.06. The molecule has 0 spiro atoms. The van der Waals surface area contributed by atoms with Crippen molar-refractivity contribution >= 4 is 0 Å². The summed E-state index contributed by atoms with van der Waals surface area (Å²) < 4.78 is 5.53. The molecule has 0 N–H and O–H groups in total. The predicted octanol–water partition coefficient (Wildman–Crippen LogP) is 2.65. The molecule has 1 aliphatic rings. The van der Waals surface area contributed by atoms with Crippen molar-refractivity contribution in [2.45, 2.75) is 19.5 Å². The van der Waals surface area contributed by atoms with Gasteiger partial charge in [-0.1, -0.05) is 12.1 Å². The fourth-order valence-corrected chi connectivity index (χ4v) is 2.51. The maximum Gasteiger partial charge on any atom is 0.122 e. The van der Waals surface area contributed by atoms with Crippen LogP contribution in [0.3, 0.4) is 0 Å². The fraction of sp³-hybridized carbons (Fsp3) is 0.312. The van der Waals surface area contributed by atoms with Crippen LogP contribution in [0.4, 0.5) is 0 Å².